The first-order valence-corrected chi connectivity index (χ1v) is 32.2. The van der Waals surface area contributed by atoms with Crippen molar-refractivity contribution in [1.82, 2.24) is 0 Å². The van der Waals surface area contributed by atoms with Gasteiger partial charge in [0.05, 0.1) is 0 Å². The monoisotopic (exact) mass is 470 g/mol. The Morgan fingerprint density at radius 3 is 1.07 bits per heavy atom. The van der Waals surface area contributed by atoms with Crippen molar-refractivity contribution in [2.45, 2.75) is 50.6 Å². The fourth-order valence-electron chi connectivity index (χ4n) is 4.18. The molecule has 0 nitrogen and oxygen atoms in total. The van der Waals surface area contributed by atoms with Crippen molar-refractivity contribution < 1.29 is 0 Å². The third kappa shape index (κ3) is 2.32. The Bertz CT molecular complexity index is 248. The van der Waals surface area contributed by atoms with Crippen LogP contribution in [-0.4, -0.2) is 65.0 Å². The number of fused-ring (bicyclic) bond motifs is 3. The normalized spacial score (nSPS) is 45.4. The van der Waals surface area contributed by atoms with E-state index in [1.807, 2.05) is 0 Å². The van der Waals surface area contributed by atoms with Gasteiger partial charge in [-0.3, -0.25) is 0 Å². The zero-order valence-corrected chi connectivity index (χ0v) is 19.9. The molecule has 0 atom stereocenters. The Hall–Kier alpha value is 2.43. The van der Waals surface area contributed by atoms with Gasteiger partial charge in [0.25, 0.3) is 0 Å². The summed E-state index contributed by atoms with van der Waals surface area (Å²) in [6.45, 7) is 17.4. The van der Waals surface area contributed by atoms with Crippen LogP contribution >= 0.6 is 0 Å². The maximum absolute atomic E-state index is 2.85. The van der Waals surface area contributed by atoms with E-state index < -0.39 is 23.9 Å². The van der Waals surface area contributed by atoms with Crippen molar-refractivity contribution in [3.63, 3.8) is 0 Å². The summed E-state index contributed by atoms with van der Waals surface area (Å²) in [7, 11) is 0. The van der Waals surface area contributed by atoms with Gasteiger partial charge in [-0.15, -0.1) is 0 Å². The van der Waals surface area contributed by atoms with E-state index in [1.54, 1.807) is 0 Å². The third-order valence-electron chi connectivity index (χ3n) is 3.43. The van der Waals surface area contributed by atoms with E-state index in [-0.39, 0.29) is 0 Å². The van der Waals surface area contributed by atoms with Crippen LogP contribution in [0.25, 0.3) is 0 Å². The molecule has 3 aliphatic rings. The first-order valence-electron chi connectivity index (χ1n) is 5.59. The molecular weight excluding hydrogens is 445 g/mol. The van der Waals surface area contributed by atoms with Gasteiger partial charge in [-0.25, -0.2) is 0 Å². The second kappa shape index (κ2) is 3.72. The summed E-state index contributed by atoms with van der Waals surface area (Å²) in [5, 5.41) is 0. The van der Waals surface area contributed by atoms with Crippen LogP contribution in [0.1, 0.15) is 0 Å². The van der Waals surface area contributed by atoms with E-state index in [4.69, 9.17) is 0 Å². The van der Waals surface area contributed by atoms with Crippen molar-refractivity contribution in [2.75, 3.05) is 0 Å². The molecule has 0 N–H and O–H groups in total. The van der Waals surface area contributed by atoms with Crippen LogP contribution in [0.15, 0.2) is 0 Å². The summed E-state index contributed by atoms with van der Waals surface area (Å²) in [4.78, 5) is 1.41. The van der Waals surface area contributed by atoms with Crippen LogP contribution < -0.4 is 0 Å². The molecule has 3 saturated heterocycles. The Morgan fingerprint density at radius 1 is 0.600 bits per heavy atom. The SMILES string of the molecule is C[Si]12[Se][Si](C)(C)C([Si](C)(C)[Se]1)[Si](C)(C)[Se]2. The molecule has 0 aliphatic carbocycles. The molecule has 3 aliphatic heterocycles. The molecule has 3 fully saturated rings. The average molecular weight is 467 g/mol. The maximum atomic E-state index is 2.85. The summed E-state index contributed by atoms with van der Waals surface area (Å²) >= 11 is 3.65. The van der Waals surface area contributed by atoms with Crippen molar-refractivity contribution in [3.8, 4) is 0 Å². The second-order valence-corrected chi connectivity index (χ2v) is 82.3. The van der Waals surface area contributed by atoms with Crippen molar-refractivity contribution in [2.24, 2.45) is 0 Å². The molecule has 0 aromatic heterocycles. The van der Waals surface area contributed by atoms with Gasteiger partial charge in [0.2, 0.25) is 0 Å². The minimum atomic E-state index is -0.734. The molecule has 3 heterocycles. The minimum absolute atomic E-state index is 0.578. The fourth-order valence-corrected chi connectivity index (χ4v) is 330. The van der Waals surface area contributed by atoms with Crippen LogP contribution in [-0.2, 0) is 0 Å². The molecule has 2 bridgehead atoms. The summed E-state index contributed by atoms with van der Waals surface area (Å²) in [5.41, 5.74) is 0. The van der Waals surface area contributed by atoms with E-state index in [9.17, 15) is 0 Å². The number of rotatable bonds is 0. The molecule has 0 amide bonds. The molecule has 0 radical (unpaired) electrons. The van der Waals surface area contributed by atoms with Gasteiger partial charge >= 0.3 is 116 Å². The Balaban J connectivity index is 2.51. The second-order valence-electron chi connectivity index (χ2n) is 6.41. The number of hydrogen-bond donors (Lipinski definition) is 0. The molecule has 0 spiro atoms. The molecule has 0 aromatic rings. The fraction of sp³-hybridized carbons (Fsp3) is 1.00. The summed E-state index contributed by atoms with van der Waals surface area (Å²) < 4.78 is -0.578. The van der Waals surface area contributed by atoms with Gasteiger partial charge in [0, 0.05) is 0 Å². The van der Waals surface area contributed by atoms with Crippen molar-refractivity contribution in [3.05, 3.63) is 0 Å². The molecule has 0 unspecified atom stereocenters. The van der Waals surface area contributed by atoms with E-state index in [1.165, 1.54) is 45.8 Å². The first-order chi connectivity index (χ1) is 6.49. The van der Waals surface area contributed by atoms with E-state index >= 15 is 0 Å². The van der Waals surface area contributed by atoms with Gasteiger partial charge < -0.3 is 0 Å². The zero-order valence-electron chi connectivity index (χ0n) is 10.8. The predicted octanol–water partition coefficient (Wildman–Crippen LogP) is 1.76. The van der Waals surface area contributed by atoms with Crippen LogP contribution in [0.2, 0.25) is 50.6 Å². The Kier molecular flexibility index (Phi) is 3.43. The van der Waals surface area contributed by atoms with E-state index in [0.717, 1.165) is 0 Å². The van der Waals surface area contributed by atoms with Gasteiger partial charge in [0.15, 0.2) is 0 Å². The molecule has 0 aromatic carbocycles. The molecule has 3 rings (SSSR count). The Morgan fingerprint density at radius 2 is 0.867 bits per heavy atom. The van der Waals surface area contributed by atoms with Gasteiger partial charge in [0.1, 0.15) is 0 Å². The topological polar surface area (TPSA) is 0 Å². The first kappa shape index (κ1) is 13.8. The summed E-state index contributed by atoms with van der Waals surface area (Å²) in [5.74, 6) is 0. The van der Waals surface area contributed by atoms with Crippen LogP contribution in [0, 0.1) is 0 Å². The van der Waals surface area contributed by atoms with Crippen molar-refractivity contribution >= 4 is 65.0 Å². The molecule has 7 heteroatoms. The van der Waals surface area contributed by atoms with E-state index in [0.29, 0.717) is 0 Å². The van der Waals surface area contributed by atoms with Crippen molar-refractivity contribution in [1.29, 1.82) is 0 Å². The van der Waals surface area contributed by atoms with Gasteiger partial charge in [-0.2, -0.15) is 0 Å². The van der Waals surface area contributed by atoms with Gasteiger partial charge in [-0.05, 0) is 0 Å². The van der Waals surface area contributed by atoms with Crippen LogP contribution in [0.5, 0.6) is 0 Å². The zero-order chi connectivity index (χ0) is 11.7. The molecular formula is C8H22Se3Si4. The molecule has 0 saturated carbocycles. The average Bonchev–Trinajstić information content (AvgIpc) is 1.67. The van der Waals surface area contributed by atoms with Gasteiger partial charge in [-0.1, -0.05) is 0 Å². The molecule has 15 heavy (non-hydrogen) atoms. The third-order valence-corrected chi connectivity index (χ3v) is 144. The summed E-state index contributed by atoms with van der Waals surface area (Å²) in [6.07, 6.45) is 0. The quantitative estimate of drug-likeness (QED) is 0.477. The number of hydrogen-bond acceptors (Lipinski definition) is 0. The predicted molar refractivity (Wildman–Crippen MR) is 85.1 cm³/mol. The molecule has 88 valence electrons. The Labute approximate surface area is 114 Å². The standard InChI is InChI=1S/C8H22Se3Si4/c1-12(2)8-13(3,4)10-15(7,9-12)11-14(8,5)6/h8H,1-7H3. The summed E-state index contributed by atoms with van der Waals surface area (Å²) in [6, 6.07) is 0. The van der Waals surface area contributed by atoms with Crippen LogP contribution in [0.3, 0.4) is 0 Å². The van der Waals surface area contributed by atoms with Crippen LogP contribution in [0.4, 0.5) is 0 Å². The van der Waals surface area contributed by atoms with E-state index in [2.05, 4.69) is 45.8 Å².